The largest absolute Gasteiger partial charge is 0.424 e. The van der Waals surface area contributed by atoms with Crippen LogP contribution in [-0.4, -0.2) is 23.2 Å². The summed E-state index contributed by atoms with van der Waals surface area (Å²) < 4.78 is 54.2. The summed E-state index contributed by atoms with van der Waals surface area (Å²) in [5, 5.41) is 10.00. The molecular formula is C16H12F4O2. The van der Waals surface area contributed by atoms with E-state index in [4.69, 9.17) is 0 Å². The van der Waals surface area contributed by atoms with Crippen LogP contribution in [0.5, 0.6) is 0 Å². The summed E-state index contributed by atoms with van der Waals surface area (Å²) in [7, 11) is 0. The number of ketones is 1. The van der Waals surface area contributed by atoms with E-state index in [1.165, 1.54) is 48.5 Å². The van der Waals surface area contributed by atoms with Crippen LogP contribution in [0.1, 0.15) is 15.9 Å². The first kappa shape index (κ1) is 16.2. The zero-order valence-electron chi connectivity index (χ0n) is 11.2. The molecule has 0 saturated heterocycles. The number of hydrogen-bond donors (Lipinski definition) is 1. The Kier molecular flexibility index (Phi) is 4.32. The summed E-state index contributed by atoms with van der Waals surface area (Å²) in [6.45, 7) is 0. The zero-order valence-corrected chi connectivity index (χ0v) is 11.2. The van der Waals surface area contributed by atoms with Crippen molar-refractivity contribution < 1.29 is 27.5 Å². The minimum atomic E-state index is -5.35. The van der Waals surface area contributed by atoms with Crippen molar-refractivity contribution in [3.8, 4) is 0 Å². The molecule has 22 heavy (non-hydrogen) atoms. The van der Waals surface area contributed by atoms with E-state index in [9.17, 15) is 27.5 Å². The lowest BCUT2D eigenvalue weighted by molar-refractivity contribution is -0.281. The van der Waals surface area contributed by atoms with Crippen LogP contribution >= 0.6 is 0 Å². The monoisotopic (exact) mass is 312 g/mol. The van der Waals surface area contributed by atoms with Crippen molar-refractivity contribution in [1.82, 2.24) is 0 Å². The second kappa shape index (κ2) is 5.88. The zero-order chi connectivity index (χ0) is 16.4. The van der Waals surface area contributed by atoms with Crippen molar-refractivity contribution in [3.63, 3.8) is 0 Å². The molecule has 2 aromatic carbocycles. The van der Waals surface area contributed by atoms with Crippen molar-refractivity contribution in [2.75, 3.05) is 0 Å². The maximum absolute atomic E-state index is 14.4. The number of Topliss-reactive ketones (excluding diaryl/α,β-unsaturated/α-hetero) is 1. The number of alkyl halides is 4. The topological polar surface area (TPSA) is 37.3 Å². The van der Waals surface area contributed by atoms with Crippen molar-refractivity contribution >= 4 is 5.78 Å². The minimum Gasteiger partial charge on any atom is -0.374 e. The number of rotatable bonds is 4. The molecule has 0 spiro atoms. The van der Waals surface area contributed by atoms with Crippen LogP contribution < -0.4 is 0 Å². The highest BCUT2D eigenvalue weighted by Crippen LogP contribution is 2.43. The van der Waals surface area contributed by atoms with Gasteiger partial charge in [-0.15, -0.1) is 0 Å². The standard InChI is InChI=1S/C16H12F4O2/c17-14(13(21)11-7-3-1-4-8-11)15(22,16(18,19)20)12-9-5-2-6-10-12/h1-10,14,22H/t14-,15+/m1/s1. The van der Waals surface area contributed by atoms with Gasteiger partial charge < -0.3 is 5.11 Å². The molecule has 2 nitrogen and oxygen atoms in total. The molecule has 0 fully saturated rings. The van der Waals surface area contributed by atoms with Crippen LogP contribution in [0.15, 0.2) is 60.7 Å². The summed E-state index contributed by atoms with van der Waals surface area (Å²) >= 11 is 0. The molecule has 0 unspecified atom stereocenters. The first-order valence-electron chi connectivity index (χ1n) is 6.36. The van der Waals surface area contributed by atoms with Gasteiger partial charge in [0.05, 0.1) is 0 Å². The third kappa shape index (κ3) is 2.74. The third-order valence-corrected chi connectivity index (χ3v) is 3.30. The van der Waals surface area contributed by atoms with Gasteiger partial charge >= 0.3 is 6.18 Å². The van der Waals surface area contributed by atoms with Gasteiger partial charge in [0.15, 0.2) is 0 Å². The fourth-order valence-electron chi connectivity index (χ4n) is 2.08. The first-order chi connectivity index (χ1) is 10.3. The van der Waals surface area contributed by atoms with Gasteiger partial charge in [0.25, 0.3) is 0 Å². The van der Waals surface area contributed by atoms with Crippen LogP contribution in [0, 0.1) is 0 Å². The van der Waals surface area contributed by atoms with Gasteiger partial charge in [-0.2, -0.15) is 13.2 Å². The highest BCUT2D eigenvalue weighted by atomic mass is 19.4. The molecular weight excluding hydrogens is 300 g/mol. The molecule has 0 aliphatic heterocycles. The highest BCUT2D eigenvalue weighted by molar-refractivity contribution is 6.00. The predicted octanol–water partition coefficient (Wildman–Crippen LogP) is 3.66. The molecule has 0 heterocycles. The molecule has 6 heteroatoms. The Balaban J connectivity index is 2.49. The molecule has 0 aliphatic carbocycles. The van der Waals surface area contributed by atoms with Crippen molar-refractivity contribution in [1.29, 1.82) is 0 Å². The normalized spacial score (nSPS) is 15.9. The molecule has 2 rings (SSSR count). The van der Waals surface area contributed by atoms with Crippen molar-refractivity contribution in [2.45, 2.75) is 17.9 Å². The van der Waals surface area contributed by atoms with E-state index in [1.54, 1.807) is 0 Å². The van der Waals surface area contributed by atoms with Crippen LogP contribution in [0.2, 0.25) is 0 Å². The van der Waals surface area contributed by atoms with Crippen LogP contribution in [0.3, 0.4) is 0 Å². The number of halogens is 4. The predicted molar refractivity (Wildman–Crippen MR) is 72.1 cm³/mol. The Morgan fingerprint density at radius 2 is 1.36 bits per heavy atom. The number of carbonyl (C=O) groups is 1. The van der Waals surface area contributed by atoms with E-state index in [2.05, 4.69) is 0 Å². The van der Waals surface area contributed by atoms with Gasteiger partial charge in [0, 0.05) is 5.56 Å². The average Bonchev–Trinajstić information content (AvgIpc) is 2.53. The number of aliphatic hydroxyl groups is 1. The van der Waals surface area contributed by atoms with E-state index in [1.807, 2.05) is 0 Å². The lowest BCUT2D eigenvalue weighted by Crippen LogP contribution is -2.53. The van der Waals surface area contributed by atoms with Crippen LogP contribution in [0.25, 0.3) is 0 Å². The summed E-state index contributed by atoms with van der Waals surface area (Å²) in [4.78, 5) is 12.0. The molecule has 2 atom stereocenters. The second-order valence-electron chi connectivity index (χ2n) is 4.72. The van der Waals surface area contributed by atoms with Gasteiger partial charge in [-0.05, 0) is 5.56 Å². The molecule has 0 amide bonds. The lowest BCUT2D eigenvalue weighted by Gasteiger charge is -2.33. The lowest BCUT2D eigenvalue weighted by atomic mass is 9.84. The SMILES string of the molecule is O=C(c1ccccc1)[C@@H](F)[C@@](O)(c1ccccc1)C(F)(F)F. The van der Waals surface area contributed by atoms with E-state index in [0.29, 0.717) is 0 Å². The van der Waals surface area contributed by atoms with Gasteiger partial charge in [0.2, 0.25) is 17.6 Å². The fourth-order valence-corrected chi connectivity index (χ4v) is 2.08. The number of carbonyl (C=O) groups excluding carboxylic acids is 1. The van der Waals surface area contributed by atoms with Crippen molar-refractivity contribution in [3.05, 3.63) is 71.8 Å². The Hall–Kier alpha value is -2.21. The first-order valence-corrected chi connectivity index (χ1v) is 6.36. The quantitative estimate of drug-likeness (QED) is 0.691. The number of benzene rings is 2. The van der Waals surface area contributed by atoms with E-state index in [-0.39, 0.29) is 5.56 Å². The number of hydrogen-bond acceptors (Lipinski definition) is 2. The molecule has 116 valence electrons. The summed E-state index contributed by atoms with van der Waals surface area (Å²) in [5.41, 5.74) is -4.87. The van der Waals surface area contributed by atoms with E-state index < -0.39 is 29.3 Å². The van der Waals surface area contributed by atoms with E-state index in [0.717, 1.165) is 12.1 Å². The molecule has 0 saturated carbocycles. The Bertz CT molecular complexity index is 640. The van der Waals surface area contributed by atoms with Gasteiger partial charge in [-0.1, -0.05) is 60.7 Å². The summed E-state index contributed by atoms with van der Waals surface area (Å²) in [6.07, 6.45) is -8.52. The van der Waals surface area contributed by atoms with Crippen LogP contribution in [-0.2, 0) is 5.60 Å². The Labute approximate surface area is 124 Å². The van der Waals surface area contributed by atoms with Gasteiger partial charge in [-0.25, -0.2) is 4.39 Å². The smallest absolute Gasteiger partial charge is 0.374 e. The summed E-state index contributed by atoms with van der Waals surface area (Å²) in [5.74, 6) is -1.43. The average molecular weight is 312 g/mol. The molecule has 2 aromatic rings. The van der Waals surface area contributed by atoms with Gasteiger partial charge in [-0.3, -0.25) is 4.79 Å². The Morgan fingerprint density at radius 1 is 0.909 bits per heavy atom. The Morgan fingerprint density at radius 3 is 1.82 bits per heavy atom. The maximum atomic E-state index is 14.4. The van der Waals surface area contributed by atoms with Crippen LogP contribution in [0.4, 0.5) is 17.6 Å². The minimum absolute atomic E-state index is 0.242. The highest BCUT2D eigenvalue weighted by Gasteiger charge is 2.62. The molecule has 0 aliphatic rings. The molecule has 0 bridgehead atoms. The fraction of sp³-hybridized carbons (Fsp3) is 0.188. The summed E-state index contributed by atoms with van der Waals surface area (Å²) in [6, 6.07) is 12.5. The second-order valence-corrected chi connectivity index (χ2v) is 4.72. The molecule has 0 aromatic heterocycles. The van der Waals surface area contributed by atoms with E-state index >= 15 is 0 Å². The van der Waals surface area contributed by atoms with Crippen molar-refractivity contribution in [2.24, 2.45) is 0 Å². The molecule has 0 radical (unpaired) electrons. The third-order valence-electron chi connectivity index (χ3n) is 3.30. The van der Waals surface area contributed by atoms with Gasteiger partial charge in [0.1, 0.15) is 0 Å². The molecule has 1 N–H and O–H groups in total. The maximum Gasteiger partial charge on any atom is 0.424 e.